The molecule has 1 aromatic carbocycles. The van der Waals surface area contributed by atoms with Crippen LogP contribution in [0, 0.1) is 6.92 Å². The Morgan fingerprint density at radius 1 is 1.33 bits per heavy atom. The third kappa shape index (κ3) is 4.09. The second-order valence-electron chi connectivity index (χ2n) is 4.25. The highest BCUT2D eigenvalue weighted by Gasteiger charge is 2.17. The zero-order valence-electron chi connectivity index (χ0n) is 10.9. The number of hydrogen-bond donors (Lipinski definition) is 0. The average Bonchev–Trinajstić information content (AvgIpc) is 2.37. The van der Waals surface area contributed by atoms with Crippen LogP contribution in [0.3, 0.4) is 0 Å². The molecule has 18 heavy (non-hydrogen) atoms. The zero-order valence-corrected chi connectivity index (χ0v) is 14.1. The molecule has 1 amide bonds. The molecule has 0 bridgehead atoms. The number of unbranched alkanes of at least 4 members (excludes halogenated alkanes) is 1. The number of hydrogen-bond acceptors (Lipinski definition) is 1. The number of carbonyl (C=O) groups is 1. The Balaban J connectivity index is 2.90. The fraction of sp³-hybridized carbons (Fsp3) is 0.500. The maximum atomic E-state index is 12.5. The molecule has 0 atom stereocenters. The van der Waals surface area contributed by atoms with Crippen molar-refractivity contribution >= 4 is 37.8 Å². The SMILES string of the molecule is CCCCN(CCBr)C(=O)c1cccc(Br)c1C. The van der Waals surface area contributed by atoms with E-state index in [9.17, 15) is 4.79 Å². The second kappa shape index (κ2) is 7.95. The fourth-order valence-corrected chi connectivity index (χ4v) is 2.57. The summed E-state index contributed by atoms with van der Waals surface area (Å²) >= 11 is 6.89. The first-order valence-corrected chi connectivity index (χ1v) is 8.13. The van der Waals surface area contributed by atoms with E-state index in [1.807, 2.05) is 30.0 Å². The van der Waals surface area contributed by atoms with Crippen LogP contribution in [0.25, 0.3) is 0 Å². The molecule has 0 aliphatic rings. The van der Waals surface area contributed by atoms with Gasteiger partial charge in [-0.1, -0.05) is 51.3 Å². The van der Waals surface area contributed by atoms with Gasteiger partial charge in [-0.3, -0.25) is 4.79 Å². The molecule has 0 aliphatic carbocycles. The molecule has 0 aromatic heterocycles. The summed E-state index contributed by atoms with van der Waals surface area (Å²) in [5, 5.41) is 0.815. The number of halogens is 2. The Kier molecular flexibility index (Phi) is 6.94. The summed E-state index contributed by atoms with van der Waals surface area (Å²) in [7, 11) is 0. The molecule has 4 heteroatoms. The minimum Gasteiger partial charge on any atom is -0.338 e. The van der Waals surface area contributed by atoms with Crippen LogP contribution >= 0.6 is 31.9 Å². The number of benzene rings is 1. The van der Waals surface area contributed by atoms with E-state index in [0.717, 1.165) is 46.9 Å². The molecule has 0 radical (unpaired) electrons. The van der Waals surface area contributed by atoms with Gasteiger partial charge in [-0.15, -0.1) is 0 Å². The minimum absolute atomic E-state index is 0.127. The molecule has 2 nitrogen and oxygen atoms in total. The third-order valence-corrected chi connectivity index (χ3v) is 4.14. The van der Waals surface area contributed by atoms with Gasteiger partial charge in [0.15, 0.2) is 0 Å². The van der Waals surface area contributed by atoms with Crippen molar-refractivity contribution in [2.24, 2.45) is 0 Å². The summed E-state index contributed by atoms with van der Waals surface area (Å²) in [5.41, 5.74) is 1.81. The van der Waals surface area contributed by atoms with E-state index in [0.29, 0.717) is 0 Å². The molecule has 1 aromatic rings. The minimum atomic E-state index is 0.127. The van der Waals surface area contributed by atoms with E-state index in [4.69, 9.17) is 0 Å². The van der Waals surface area contributed by atoms with Crippen molar-refractivity contribution in [3.63, 3.8) is 0 Å². The predicted octanol–water partition coefficient (Wildman–Crippen LogP) is 4.39. The molecular weight excluding hydrogens is 358 g/mol. The predicted molar refractivity (Wildman–Crippen MR) is 83.5 cm³/mol. The van der Waals surface area contributed by atoms with E-state index in [-0.39, 0.29) is 5.91 Å². The monoisotopic (exact) mass is 375 g/mol. The van der Waals surface area contributed by atoms with Crippen LogP contribution in [0.5, 0.6) is 0 Å². The highest BCUT2D eigenvalue weighted by Crippen LogP contribution is 2.21. The molecule has 1 rings (SSSR count). The summed E-state index contributed by atoms with van der Waals surface area (Å²) in [4.78, 5) is 14.4. The summed E-state index contributed by atoms with van der Waals surface area (Å²) in [6.07, 6.45) is 2.15. The van der Waals surface area contributed by atoms with E-state index in [2.05, 4.69) is 38.8 Å². The molecule has 0 aliphatic heterocycles. The average molecular weight is 377 g/mol. The van der Waals surface area contributed by atoms with Gasteiger partial charge < -0.3 is 4.90 Å². The van der Waals surface area contributed by atoms with Crippen LogP contribution in [0.1, 0.15) is 35.7 Å². The van der Waals surface area contributed by atoms with Gasteiger partial charge in [0.2, 0.25) is 0 Å². The molecule has 0 saturated carbocycles. The van der Waals surface area contributed by atoms with Crippen LogP contribution in [0.2, 0.25) is 0 Å². The van der Waals surface area contributed by atoms with Crippen molar-refractivity contribution in [1.82, 2.24) is 4.90 Å². The van der Waals surface area contributed by atoms with Gasteiger partial charge in [0, 0.05) is 28.5 Å². The first kappa shape index (κ1) is 15.7. The van der Waals surface area contributed by atoms with E-state index in [1.54, 1.807) is 0 Å². The van der Waals surface area contributed by atoms with Gasteiger partial charge in [-0.25, -0.2) is 0 Å². The number of nitrogens with zero attached hydrogens (tertiary/aromatic N) is 1. The van der Waals surface area contributed by atoms with Crippen molar-refractivity contribution in [1.29, 1.82) is 0 Å². The van der Waals surface area contributed by atoms with Gasteiger partial charge in [0.25, 0.3) is 5.91 Å². The largest absolute Gasteiger partial charge is 0.338 e. The maximum Gasteiger partial charge on any atom is 0.254 e. The molecule has 0 spiro atoms. The molecular formula is C14H19Br2NO. The highest BCUT2D eigenvalue weighted by atomic mass is 79.9. The van der Waals surface area contributed by atoms with Crippen LogP contribution < -0.4 is 0 Å². The van der Waals surface area contributed by atoms with Gasteiger partial charge in [0.05, 0.1) is 0 Å². The van der Waals surface area contributed by atoms with Crippen LogP contribution in [-0.4, -0.2) is 29.2 Å². The Morgan fingerprint density at radius 3 is 2.67 bits per heavy atom. The normalized spacial score (nSPS) is 10.4. The quantitative estimate of drug-likeness (QED) is 0.674. The van der Waals surface area contributed by atoms with Crippen LogP contribution in [0.15, 0.2) is 22.7 Å². The number of rotatable bonds is 6. The number of amides is 1. The smallest absolute Gasteiger partial charge is 0.254 e. The summed E-state index contributed by atoms with van der Waals surface area (Å²) < 4.78 is 0.989. The summed E-state index contributed by atoms with van der Waals surface area (Å²) in [6.45, 7) is 5.70. The number of carbonyl (C=O) groups excluding carboxylic acids is 1. The van der Waals surface area contributed by atoms with Crippen molar-refractivity contribution in [2.75, 3.05) is 18.4 Å². The van der Waals surface area contributed by atoms with E-state index >= 15 is 0 Å². The van der Waals surface area contributed by atoms with Gasteiger partial charge in [-0.2, -0.15) is 0 Å². The van der Waals surface area contributed by atoms with Crippen molar-refractivity contribution in [2.45, 2.75) is 26.7 Å². The molecule has 0 N–H and O–H groups in total. The molecule has 0 saturated heterocycles. The van der Waals surface area contributed by atoms with Crippen molar-refractivity contribution in [3.8, 4) is 0 Å². The molecule has 0 fully saturated rings. The summed E-state index contributed by atoms with van der Waals surface area (Å²) in [6, 6.07) is 5.78. The fourth-order valence-electron chi connectivity index (χ4n) is 1.78. The maximum absolute atomic E-state index is 12.5. The van der Waals surface area contributed by atoms with Gasteiger partial charge in [-0.05, 0) is 31.0 Å². The molecule has 0 unspecified atom stereocenters. The van der Waals surface area contributed by atoms with Crippen LogP contribution in [0.4, 0.5) is 0 Å². The number of alkyl halides is 1. The van der Waals surface area contributed by atoms with E-state index in [1.165, 1.54) is 0 Å². The Bertz CT molecular complexity index is 407. The van der Waals surface area contributed by atoms with Gasteiger partial charge >= 0.3 is 0 Å². The van der Waals surface area contributed by atoms with E-state index < -0.39 is 0 Å². The molecule has 100 valence electrons. The lowest BCUT2D eigenvalue weighted by Crippen LogP contribution is -2.34. The highest BCUT2D eigenvalue weighted by molar-refractivity contribution is 9.10. The lowest BCUT2D eigenvalue weighted by molar-refractivity contribution is 0.0763. The first-order valence-electron chi connectivity index (χ1n) is 6.22. The third-order valence-electron chi connectivity index (χ3n) is 2.92. The Hall–Kier alpha value is -0.350. The van der Waals surface area contributed by atoms with Gasteiger partial charge in [0.1, 0.15) is 0 Å². The Morgan fingerprint density at radius 2 is 2.06 bits per heavy atom. The van der Waals surface area contributed by atoms with Crippen LogP contribution in [-0.2, 0) is 0 Å². The molecule has 0 heterocycles. The lowest BCUT2D eigenvalue weighted by Gasteiger charge is -2.22. The summed E-state index contributed by atoms with van der Waals surface area (Å²) in [5.74, 6) is 0.127. The van der Waals surface area contributed by atoms with Crippen molar-refractivity contribution in [3.05, 3.63) is 33.8 Å². The second-order valence-corrected chi connectivity index (χ2v) is 5.89. The standard InChI is InChI=1S/C14H19Br2NO/c1-3-4-9-17(10-8-15)14(18)12-6-5-7-13(16)11(12)2/h5-7H,3-4,8-10H2,1-2H3. The van der Waals surface area contributed by atoms with Crippen molar-refractivity contribution < 1.29 is 4.79 Å². The topological polar surface area (TPSA) is 20.3 Å². The Labute approximate surface area is 126 Å². The first-order chi connectivity index (χ1) is 8.61. The zero-order chi connectivity index (χ0) is 13.5. The lowest BCUT2D eigenvalue weighted by atomic mass is 10.1.